The third-order valence-electron chi connectivity index (χ3n) is 3.45. The fourth-order valence-corrected chi connectivity index (χ4v) is 3.24. The maximum atomic E-state index is 12.1. The highest BCUT2D eigenvalue weighted by atomic mass is 32.2. The number of hydrogen-bond donors (Lipinski definition) is 1. The summed E-state index contributed by atoms with van der Waals surface area (Å²) < 4.78 is 5.53. The lowest BCUT2D eigenvalue weighted by atomic mass is 10.2. The van der Waals surface area contributed by atoms with Gasteiger partial charge in [0, 0.05) is 6.92 Å². The van der Waals surface area contributed by atoms with Gasteiger partial charge in [0.1, 0.15) is 5.52 Å². The van der Waals surface area contributed by atoms with Gasteiger partial charge in [0.15, 0.2) is 16.6 Å². The second-order valence-electron chi connectivity index (χ2n) is 5.28. The molecule has 1 aliphatic rings. The Kier molecular flexibility index (Phi) is 3.66. The molecule has 6 heteroatoms. The summed E-state index contributed by atoms with van der Waals surface area (Å²) in [5.74, 6) is 0.476. The van der Waals surface area contributed by atoms with Crippen LogP contribution in [0.5, 0.6) is 0 Å². The summed E-state index contributed by atoms with van der Waals surface area (Å²) >= 11 is 1.32. The van der Waals surface area contributed by atoms with Crippen LogP contribution >= 0.6 is 11.8 Å². The number of carbonyl (C=O) groups excluding carboxylic acids is 1. The number of amides is 1. The summed E-state index contributed by atoms with van der Waals surface area (Å²) in [6.45, 7) is 1.81. The number of aliphatic imine (C=N–C) groups is 1. The van der Waals surface area contributed by atoms with Crippen molar-refractivity contribution in [3.63, 3.8) is 0 Å². The van der Waals surface area contributed by atoms with Crippen molar-refractivity contribution < 1.29 is 9.21 Å². The van der Waals surface area contributed by atoms with E-state index in [2.05, 4.69) is 15.3 Å². The molecule has 0 unspecified atom stereocenters. The van der Waals surface area contributed by atoms with Crippen molar-refractivity contribution in [2.24, 2.45) is 4.99 Å². The zero-order chi connectivity index (χ0) is 16.5. The molecule has 1 aromatic heterocycles. The molecule has 0 saturated carbocycles. The molecule has 0 spiro atoms. The normalized spacial score (nSPS) is 17.8. The molecule has 0 atom stereocenters. The number of fused-ring (bicyclic) bond motifs is 1. The summed E-state index contributed by atoms with van der Waals surface area (Å²) in [4.78, 5) is 21.4. The fourth-order valence-electron chi connectivity index (χ4n) is 2.40. The van der Waals surface area contributed by atoms with Gasteiger partial charge in [-0.25, -0.2) is 9.98 Å². The Bertz CT molecular complexity index is 990. The Morgan fingerprint density at radius 2 is 2.04 bits per heavy atom. The SMILES string of the molecule is Cc1nc2ccc(/C=C3/SC(=Nc4ccccc4)NC3=O)cc2o1. The van der Waals surface area contributed by atoms with E-state index in [9.17, 15) is 4.79 Å². The number of nitrogens with zero attached hydrogens (tertiary/aromatic N) is 2. The van der Waals surface area contributed by atoms with Gasteiger partial charge >= 0.3 is 0 Å². The van der Waals surface area contributed by atoms with E-state index in [0.717, 1.165) is 16.8 Å². The molecule has 5 nitrogen and oxygen atoms in total. The van der Waals surface area contributed by atoms with E-state index in [1.165, 1.54) is 11.8 Å². The van der Waals surface area contributed by atoms with Crippen molar-refractivity contribution in [1.29, 1.82) is 0 Å². The molecular weight excluding hydrogens is 322 g/mol. The lowest BCUT2D eigenvalue weighted by Crippen LogP contribution is -2.19. The number of benzene rings is 2. The second-order valence-corrected chi connectivity index (χ2v) is 6.31. The molecule has 1 amide bonds. The van der Waals surface area contributed by atoms with Crippen LogP contribution < -0.4 is 5.32 Å². The lowest BCUT2D eigenvalue weighted by molar-refractivity contribution is -0.115. The van der Waals surface area contributed by atoms with Gasteiger partial charge in [-0.05, 0) is 47.7 Å². The Labute approximate surface area is 142 Å². The van der Waals surface area contributed by atoms with Crippen LogP contribution in [0.2, 0.25) is 0 Å². The monoisotopic (exact) mass is 335 g/mol. The van der Waals surface area contributed by atoms with Crippen LogP contribution in [-0.2, 0) is 4.79 Å². The fraction of sp³-hybridized carbons (Fsp3) is 0.0556. The van der Waals surface area contributed by atoms with E-state index in [1.54, 1.807) is 0 Å². The number of amidine groups is 1. The molecular formula is C18H13N3O2S. The third-order valence-corrected chi connectivity index (χ3v) is 4.36. The minimum atomic E-state index is -0.150. The number of oxazole rings is 1. The molecule has 1 N–H and O–H groups in total. The molecule has 24 heavy (non-hydrogen) atoms. The Hall–Kier alpha value is -2.86. The topological polar surface area (TPSA) is 67.5 Å². The number of thioether (sulfide) groups is 1. The molecule has 3 aromatic rings. The van der Waals surface area contributed by atoms with Crippen LogP contribution in [0.15, 0.2) is 62.8 Å². The summed E-state index contributed by atoms with van der Waals surface area (Å²) in [5, 5.41) is 3.36. The molecule has 0 radical (unpaired) electrons. The van der Waals surface area contributed by atoms with Crippen molar-refractivity contribution in [2.45, 2.75) is 6.92 Å². The average molecular weight is 335 g/mol. The van der Waals surface area contributed by atoms with Crippen molar-refractivity contribution in [1.82, 2.24) is 10.3 Å². The molecule has 2 aromatic carbocycles. The van der Waals surface area contributed by atoms with Crippen LogP contribution in [0.3, 0.4) is 0 Å². The first kappa shape index (κ1) is 14.7. The van der Waals surface area contributed by atoms with E-state index in [4.69, 9.17) is 4.42 Å². The van der Waals surface area contributed by atoms with E-state index in [0.29, 0.717) is 21.5 Å². The van der Waals surface area contributed by atoms with Crippen LogP contribution in [0.1, 0.15) is 11.5 Å². The molecule has 4 rings (SSSR count). The summed E-state index contributed by atoms with van der Waals surface area (Å²) in [6, 6.07) is 15.2. The van der Waals surface area contributed by atoms with Gasteiger partial charge in [0.2, 0.25) is 0 Å². The van der Waals surface area contributed by atoms with E-state index < -0.39 is 0 Å². The molecule has 1 saturated heterocycles. The van der Waals surface area contributed by atoms with Gasteiger partial charge in [-0.1, -0.05) is 24.3 Å². The van der Waals surface area contributed by atoms with Crippen LogP contribution in [0, 0.1) is 6.92 Å². The zero-order valence-corrected chi connectivity index (χ0v) is 13.6. The van der Waals surface area contributed by atoms with Crippen LogP contribution in [-0.4, -0.2) is 16.1 Å². The van der Waals surface area contributed by atoms with E-state index in [-0.39, 0.29) is 5.91 Å². The van der Waals surface area contributed by atoms with Gasteiger partial charge in [0.05, 0.1) is 10.6 Å². The highest BCUT2D eigenvalue weighted by Gasteiger charge is 2.23. The minimum absolute atomic E-state index is 0.150. The number of aromatic nitrogens is 1. The van der Waals surface area contributed by atoms with Gasteiger partial charge in [0.25, 0.3) is 5.91 Å². The molecule has 2 heterocycles. The molecule has 1 fully saturated rings. The van der Waals surface area contributed by atoms with E-state index in [1.807, 2.05) is 61.5 Å². The van der Waals surface area contributed by atoms with Crippen molar-refractivity contribution in [3.8, 4) is 0 Å². The Morgan fingerprint density at radius 3 is 2.88 bits per heavy atom. The summed E-state index contributed by atoms with van der Waals surface area (Å²) in [6.07, 6.45) is 1.82. The number of carbonyl (C=O) groups is 1. The number of hydrogen-bond acceptors (Lipinski definition) is 5. The lowest BCUT2D eigenvalue weighted by Gasteiger charge is -1.95. The second kappa shape index (κ2) is 5.98. The summed E-state index contributed by atoms with van der Waals surface area (Å²) in [5.41, 5.74) is 3.21. The van der Waals surface area contributed by atoms with Gasteiger partial charge < -0.3 is 9.73 Å². The standard InChI is InChI=1S/C18H13N3O2S/c1-11-19-14-8-7-12(9-15(14)23-11)10-16-17(22)21-18(24-16)20-13-5-3-2-4-6-13/h2-10H,1H3,(H,20,21,22)/b16-10+. The minimum Gasteiger partial charge on any atom is -0.441 e. The van der Waals surface area contributed by atoms with Crippen LogP contribution in [0.25, 0.3) is 17.2 Å². The average Bonchev–Trinajstić information content (AvgIpc) is 3.10. The van der Waals surface area contributed by atoms with Crippen LogP contribution in [0.4, 0.5) is 5.69 Å². The van der Waals surface area contributed by atoms with Crippen molar-refractivity contribution in [3.05, 3.63) is 64.9 Å². The highest BCUT2D eigenvalue weighted by molar-refractivity contribution is 8.18. The quantitative estimate of drug-likeness (QED) is 0.718. The van der Waals surface area contributed by atoms with Crippen molar-refractivity contribution in [2.75, 3.05) is 0 Å². The smallest absolute Gasteiger partial charge is 0.264 e. The zero-order valence-electron chi connectivity index (χ0n) is 12.8. The number of nitrogens with one attached hydrogen (secondary N) is 1. The molecule has 1 aliphatic heterocycles. The Morgan fingerprint density at radius 1 is 1.21 bits per heavy atom. The largest absolute Gasteiger partial charge is 0.441 e. The van der Waals surface area contributed by atoms with Gasteiger partial charge in [-0.2, -0.15) is 0 Å². The predicted molar refractivity (Wildman–Crippen MR) is 96.0 cm³/mol. The number of aryl methyl sites for hydroxylation is 1. The third kappa shape index (κ3) is 2.96. The molecule has 0 aliphatic carbocycles. The maximum absolute atomic E-state index is 12.1. The first-order valence-corrected chi connectivity index (χ1v) is 8.21. The molecule has 0 bridgehead atoms. The first-order valence-electron chi connectivity index (χ1n) is 7.39. The Balaban J connectivity index is 1.62. The first-order chi connectivity index (χ1) is 11.7. The van der Waals surface area contributed by atoms with E-state index >= 15 is 0 Å². The number of rotatable bonds is 2. The predicted octanol–water partition coefficient (Wildman–Crippen LogP) is 4.03. The maximum Gasteiger partial charge on any atom is 0.264 e. The molecule has 118 valence electrons. The summed E-state index contributed by atoms with van der Waals surface area (Å²) in [7, 11) is 0. The van der Waals surface area contributed by atoms with Gasteiger partial charge in [-0.3, -0.25) is 4.79 Å². The number of para-hydroxylation sites is 1. The van der Waals surface area contributed by atoms with Gasteiger partial charge in [-0.15, -0.1) is 0 Å². The highest BCUT2D eigenvalue weighted by Crippen LogP contribution is 2.28. The van der Waals surface area contributed by atoms with Crippen molar-refractivity contribution >= 4 is 45.7 Å².